The Hall–Kier alpha value is -1.46. The number of methoxy groups -OCH3 is 1. The fraction of sp³-hybridized carbons (Fsp3) is 0.650. The highest BCUT2D eigenvalue weighted by Gasteiger charge is 2.33. The third-order valence-electron chi connectivity index (χ3n) is 7.71. The maximum atomic E-state index is 12.8. The highest BCUT2D eigenvalue weighted by atomic mass is 33.1. The number of carbonyl (C=O) groups is 2. The van der Waals surface area contributed by atoms with Gasteiger partial charge in [0.2, 0.25) is 0 Å². The predicted molar refractivity (Wildman–Crippen MR) is 218 cm³/mol. The van der Waals surface area contributed by atoms with Gasteiger partial charge in [-0.3, -0.25) is 9.59 Å². The van der Waals surface area contributed by atoms with Gasteiger partial charge < -0.3 is 19.3 Å². The number of carboxylic acid groups (broad SMARTS) is 1. The summed E-state index contributed by atoms with van der Waals surface area (Å²) in [6.07, 6.45) is -0.436. The summed E-state index contributed by atoms with van der Waals surface area (Å²) >= 11 is 3.65. The molecule has 0 saturated heterocycles. The Labute approximate surface area is 319 Å². The molecule has 0 aliphatic rings. The second kappa shape index (κ2) is 18.0. The normalized spacial score (nSPS) is 13.0. The van der Waals surface area contributed by atoms with Crippen molar-refractivity contribution in [3.8, 4) is 11.5 Å². The highest BCUT2D eigenvalue weighted by Crippen LogP contribution is 2.51. The van der Waals surface area contributed by atoms with Crippen molar-refractivity contribution >= 4 is 57.1 Å². The molecule has 2 rings (SSSR count). The number of hydrogen-bond acceptors (Lipinski definition) is 9. The van der Waals surface area contributed by atoms with Gasteiger partial charge in [-0.05, 0) is 59.8 Å². The summed E-state index contributed by atoms with van der Waals surface area (Å²) in [7, 11) is 5.37. The molecule has 2 aromatic rings. The second-order valence-corrected chi connectivity index (χ2v) is 23.5. The maximum Gasteiger partial charge on any atom is 0.311 e. The lowest BCUT2D eigenvalue weighted by Gasteiger charge is -2.33. The van der Waals surface area contributed by atoms with Crippen LogP contribution in [0.4, 0.5) is 0 Å². The number of benzene rings is 2. The number of ether oxygens (including phenoxy) is 3. The first-order chi connectivity index (χ1) is 22.8. The minimum atomic E-state index is -1.02. The van der Waals surface area contributed by atoms with Crippen LogP contribution >= 0.6 is 45.1 Å². The van der Waals surface area contributed by atoms with Gasteiger partial charge in [-0.1, -0.05) is 105 Å². The van der Waals surface area contributed by atoms with Gasteiger partial charge in [0.25, 0.3) is 0 Å². The van der Waals surface area contributed by atoms with Gasteiger partial charge in [0.05, 0.1) is 30.1 Å². The van der Waals surface area contributed by atoms with Crippen LogP contribution in [0.15, 0.2) is 34.1 Å². The zero-order valence-corrected chi connectivity index (χ0v) is 36.4. The molecule has 0 spiro atoms. The summed E-state index contributed by atoms with van der Waals surface area (Å²) in [6, 6.07) is 8.93. The van der Waals surface area contributed by atoms with E-state index in [0.29, 0.717) is 12.4 Å². The van der Waals surface area contributed by atoms with Crippen LogP contribution in [0.2, 0.25) is 0 Å². The van der Waals surface area contributed by atoms with E-state index in [0.717, 1.165) is 39.9 Å². The van der Waals surface area contributed by atoms with Gasteiger partial charge >= 0.3 is 11.9 Å². The van der Waals surface area contributed by atoms with Crippen molar-refractivity contribution in [3.05, 3.63) is 46.5 Å². The first-order valence-corrected chi connectivity index (χ1v) is 21.4. The molecule has 0 radical (unpaired) electrons. The predicted octanol–water partition coefficient (Wildman–Crippen LogP) is 11.7. The molecule has 0 amide bonds. The summed E-state index contributed by atoms with van der Waals surface area (Å²) in [4.78, 5) is 26.3. The lowest BCUT2D eigenvalue weighted by molar-refractivity contribution is -0.142. The van der Waals surface area contributed by atoms with E-state index in [1.165, 1.54) is 16.0 Å². The lowest BCUT2D eigenvalue weighted by atomic mass is 9.79. The van der Waals surface area contributed by atoms with Crippen molar-refractivity contribution in [2.45, 2.75) is 145 Å². The van der Waals surface area contributed by atoms with Crippen LogP contribution < -0.4 is 9.47 Å². The number of hydrogen-bond donors (Lipinski definition) is 1. The van der Waals surface area contributed by atoms with Crippen LogP contribution in [-0.4, -0.2) is 53.0 Å². The molecule has 0 saturated carbocycles. The zero-order valence-electron chi connectivity index (χ0n) is 33.2. The molecular weight excluding hydrogens is 705 g/mol. The monoisotopic (exact) mass is 766 g/mol. The van der Waals surface area contributed by atoms with Crippen LogP contribution in [0.1, 0.15) is 132 Å². The maximum absolute atomic E-state index is 12.8. The van der Waals surface area contributed by atoms with Crippen LogP contribution in [0.3, 0.4) is 0 Å². The van der Waals surface area contributed by atoms with E-state index in [1.54, 1.807) is 18.9 Å². The Morgan fingerprint density at radius 3 is 1.34 bits per heavy atom. The van der Waals surface area contributed by atoms with Crippen LogP contribution in [0, 0.1) is 0 Å². The lowest BCUT2D eigenvalue weighted by Crippen LogP contribution is -2.23. The number of thioether (sulfide) groups is 2. The van der Waals surface area contributed by atoms with Crippen LogP contribution in [0.25, 0.3) is 0 Å². The minimum Gasteiger partial charge on any atom is -0.492 e. The molecule has 282 valence electrons. The van der Waals surface area contributed by atoms with Crippen LogP contribution in [-0.2, 0) is 36.0 Å². The van der Waals surface area contributed by atoms with Crippen molar-refractivity contribution in [2.24, 2.45) is 0 Å². The van der Waals surface area contributed by atoms with E-state index in [1.807, 2.05) is 33.3 Å². The second-order valence-electron chi connectivity index (χ2n) is 17.2. The van der Waals surface area contributed by atoms with Crippen molar-refractivity contribution in [1.29, 1.82) is 0 Å². The van der Waals surface area contributed by atoms with Crippen molar-refractivity contribution in [1.82, 2.24) is 0 Å². The Morgan fingerprint density at radius 2 is 0.980 bits per heavy atom. The van der Waals surface area contributed by atoms with E-state index in [-0.39, 0.29) is 38.6 Å². The van der Waals surface area contributed by atoms with E-state index in [4.69, 9.17) is 19.3 Å². The summed E-state index contributed by atoms with van der Waals surface area (Å²) in [5.74, 6) is 1.85. The molecule has 0 aliphatic carbocycles. The molecule has 50 heavy (non-hydrogen) atoms. The standard InChI is InChI=1S/C40H62O6S4/c1-36(2,3)28-22-26(23-29(37(4,5)6)34(28)45-19-21-48-47-20-18-44-15)49-40(13,14)50-27-24-30(38(7,8)9)35(31(25-27)39(10,11)12)46-33(43)17-16-32(41)42/h22-25H,16-21H2,1-15H3,(H,41,42). The smallest absolute Gasteiger partial charge is 0.311 e. The van der Waals surface area contributed by atoms with Gasteiger partial charge in [-0.15, -0.1) is 23.5 Å². The molecule has 6 nitrogen and oxygen atoms in total. The Bertz CT molecular complexity index is 1390. The van der Waals surface area contributed by atoms with E-state index >= 15 is 0 Å². The molecule has 0 atom stereocenters. The number of esters is 1. The fourth-order valence-corrected chi connectivity index (χ4v) is 9.52. The molecule has 2 aromatic carbocycles. The number of carbonyl (C=O) groups excluding carboxylic acids is 1. The zero-order chi connectivity index (χ0) is 38.3. The first kappa shape index (κ1) is 44.7. The molecule has 0 heterocycles. The largest absolute Gasteiger partial charge is 0.492 e. The molecule has 0 aliphatic heterocycles. The van der Waals surface area contributed by atoms with Gasteiger partial charge in [-0.2, -0.15) is 0 Å². The topological polar surface area (TPSA) is 82.1 Å². The average Bonchev–Trinajstić information content (AvgIpc) is 2.93. The average molecular weight is 767 g/mol. The Kier molecular flexibility index (Phi) is 16.1. The molecule has 0 bridgehead atoms. The van der Waals surface area contributed by atoms with Gasteiger partial charge in [0.15, 0.2) is 0 Å². The quantitative estimate of drug-likeness (QED) is 0.0445. The molecular formula is C40H62O6S4. The summed E-state index contributed by atoms with van der Waals surface area (Å²) in [5, 5.41) is 9.12. The van der Waals surface area contributed by atoms with Gasteiger partial charge in [0, 0.05) is 50.7 Å². The number of carboxylic acids is 1. The van der Waals surface area contributed by atoms with E-state index < -0.39 is 11.9 Å². The molecule has 10 heteroatoms. The summed E-state index contributed by atoms with van der Waals surface area (Å²) in [6.45, 7) is 32.1. The Balaban J connectivity index is 2.54. The first-order valence-electron chi connectivity index (χ1n) is 17.3. The van der Waals surface area contributed by atoms with Crippen molar-refractivity contribution < 1.29 is 28.9 Å². The third kappa shape index (κ3) is 14.2. The van der Waals surface area contributed by atoms with E-state index in [9.17, 15) is 9.59 Å². The Morgan fingerprint density at radius 1 is 0.600 bits per heavy atom. The molecule has 0 fully saturated rings. The van der Waals surface area contributed by atoms with Gasteiger partial charge in [-0.25, -0.2) is 0 Å². The van der Waals surface area contributed by atoms with Crippen molar-refractivity contribution in [2.75, 3.05) is 31.8 Å². The number of rotatable bonds is 16. The summed E-state index contributed by atoms with van der Waals surface area (Å²) < 4.78 is 17.5. The van der Waals surface area contributed by atoms with Crippen LogP contribution in [0.5, 0.6) is 11.5 Å². The van der Waals surface area contributed by atoms with E-state index in [2.05, 4.69) is 121 Å². The fourth-order valence-electron chi connectivity index (χ4n) is 5.19. The third-order valence-corrected chi connectivity index (χ3v) is 12.5. The molecule has 1 N–H and O–H groups in total. The minimum absolute atomic E-state index is 0.121. The number of aliphatic carboxylic acids is 1. The SMILES string of the molecule is COCCSSCCOc1c(C(C)(C)C)cc(SC(C)(C)Sc2cc(C(C)(C)C)c(OC(=O)CCC(=O)O)c(C(C)(C)C)c2)cc1C(C)(C)C. The summed E-state index contributed by atoms with van der Waals surface area (Å²) in [5.41, 5.74) is 3.40. The molecule has 0 unspecified atom stereocenters. The van der Waals surface area contributed by atoms with Crippen molar-refractivity contribution in [3.63, 3.8) is 0 Å². The van der Waals surface area contributed by atoms with Gasteiger partial charge in [0.1, 0.15) is 11.5 Å². The molecule has 0 aromatic heterocycles. The highest BCUT2D eigenvalue weighted by molar-refractivity contribution is 8.76.